The van der Waals surface area contributed by atoms with Gasteiger partial charge < -0.3 is 14.6 Å². The third-order valence-electron chi connectivity index (χ3n) is 3.93. The molecule has 3 rings (SSSR count). The molecule has 0 amide bonds. The molecule has 0 aromatic carbocycles. The SMILES string of the molecule is C1COCC(c2noc(CC3CCNCC3)n2)C1. The molecule has 5 nitrogen and oxygen atoms in total. The minimum Gasteiger partial charge on any atom is -0.381 e. The maximum atomic E-state index is 5.47. The summed E-state index contributed by atoms with van der Waals surface area (Å²) in [5, 5.41) is 7.50. The van der Waals surface area contributed by atoms with Crippen LogP contribution in [-0.2, 0) is 11.2 Å². The molecule has 100 valence electrons. The van der Waals surface area contributed by atoms with Crippen molar-refractivity contribution in [2.24, 2.45) is 5.92 Å². The zero-order valence-electron chi connectivity index (χ0n) is 10.7. The van der Waals surface area contributed by atoms with Crippen LogP contribution in [0, 0.1) is 5.92 Å². The Morgan fingerprint density at radius 2 is 2.11 bits per heavy atom. The van der Waals surface area contributed by atoms with Crippen molar-refractivity contribution in [3.05, 3.63) is 11.7 Å². The minimum atomic E-state index is 0.337. The van der Waals surface area contributed by atoms with Gasteiger partial charge in [-0.05, 0) is 44.7 Å². The maximum Gasteiger partial charge on any atom is 0.226 e. The van der Waals surface area contributed by atoms with E-state index in [1.54, 1.807) is 0 Å². The van der Waals surface area contributed by atoms with E-state index >= 15 is 0 Å². The summed E-state index contributed by atoms with van der Waals surface area (Å²) in [5.41, 5.74) is 0. The van der Waals surface area contributed by atoms with Crippen molar-refractivity contribution in [2.45, 2.75) is 38.0 Å². The summed E-state index contributed by atoms with van der Waals surface area (Å²) in [5.74, 6) is 2.69. The largest absolute Gasteiger partial charge is 0.381 e. The average molecular weight is 251 g/mol. The number of piperidine rings is 1. The van der Waals surface area contributed by atoms with Crippen LogP contribution in [0.3, 0.4) is 0 Å². The van der Waals surface area contributed by atoms with E-state index < -0.39 is 0 Å². The molecule has 2 fully saturated rings. The van der Waals surface area contributed by atoms with Crippen LogP contribution in [-0.4, -0.2) is 36.4 Å². The highest BCUT2D eigenvalue weighted by Gasteiger charge is 2.23. The van der Waals surface area contributed by atoms with Gasteiger partial charge in [0.15, 0.2) is 5.82 Å². The smallest absolute Gasteiger partial charge is 0.226 e. The summed E-state index contributed by atoms with van der Waals surface area (Å²) >= 11 is 0. The molecule has 0 saturated carbocycles. The van der Waals surface area contributed by atoms with Gasteiger partial charge in [0.2, 0.25) is 5.89 Å². The van der Waals surface area contributed by atoms with Crippen molar-refractivity contribution in [3.63, 3.8) is 0 Å². The highest BCUT2D eigenvalue weighted by molar-refractivity contribution is 4.97. The Morgan fingerprint density at radius 3 is 2.89 bits per heavy atom. The maximum absolute atomic E-state index is 5.47. The molecule has 0 spiro atoms. The van der Waals surface area contributed by atoms with Gasteiger partial charge in [-0.15, -0.1) is 0 Å². The van der Waals surface area contributed by atoms with Crippen molar-refractivity contribution >= 4 is 0 Å². The molecule has 1 aromatic heterocycles. The van der Waals surface area contributed by atoms with Gasteiger partial charge in [0.05, 0.1) is 6.61 Å². The number of aromatic nitrogens is 2. The van der Waals surface area contributed by atoms with Gasteiger partial charge in [-0.1, -0.05) is 5.16 Å². The fraction of sp³-hybridized carbons (Fsp3) is 0.846. The molecule has 18 heavy (non-hydrogen) atoms. The summed E-state index contributed by atoms with van der Waals surface area (Å²) in [6, 6.07) is 0. The molecule has 1 atom stereocenters. The van der Waals surface area contributed by atoms with Crippen molar-refractivity contribution in [1.82, 2.24) is 15.5 Å². The molecule has 3 heterocycles. The van der Waals surface area contributed by atoms with E-state index in [1.165, 1.54) is 12.8 Å². The minimum absolute atomic E-state index is 0.337. The Bertz CT molecular complexity index is 368. The second-order valence-electron chi connectivity index (χ2n) is 5.36. The molecular weight excluding hydrogens is 230 g/mol. The number of nitrogens with zero attached hydrogens (tertiary/aromatic N) is 2. The molecule has 2 aliphatic rings. The van der Waals surface area contributed by atoms with E-state index in [2.05, 4.69) is 15.5 Å². The summed E-state index contributed by atoms with van der Waals surface area (Å²) < 4.78 is 10.8. The molecule has 0 radical (unpaired) electrons. The third kappa shape index (κ3) is 2.90. The molecule has 0 aliphatic carbocycles. The highest BCUT2D eigenvalue weighted by atomic mass is 16.5. The fourth-order valence-electron chi connectivity index (χ4n) is 2.79. The number of nitrogens with one attached hydrogen (secondary N) is 1. The molecule has 1 N–H and O–H groups in total. The second kappa shape index (κ2) is 5.80. The van der Waals surface area contributed by atoms with Crippen LogP contribution in [0.25, 0.3) is 0 Å². The fourth-order valence-corrected chi connectivity index (χ4v) is 2.79. The number of hydrogen-bond acceptors (Lipinski definition) is 5. The van der Waals surface area contributed by atoms with Crippen molar-refractivity contribution < 1.29 is 9.26 Å². The van der Waals surface area contributed by atoms with E-state index in [-0.39, 0.29) is 0 Å². The molecule has 2 saturated heterocycles. The number of ether oxygens (including phenoxy) is 1. The molecule has 1 aromatic rings. The Kier molecular flexibility index (Phi) is 3.90. The van der Waals surface area contributed by atoms with E-state index in [4.69, 9.17) is 9.26 Å². The van der Waals surface area contributed by atoms with Gasteiger partial charge in [0, 0.05) is 18.9 Å². The number of rotatable bonds is 3. The third-order valence-corrected chi connectivity index (χ3v) is 3.93. The lowest BCUT2D eigenvalue weighted by Crippen LogP contribution is -2.28. The first kappa shape index (κ1) is 12.1. The first-order chi connectivity index (χ1) is 8.92. The molecular formula is C13H21N3O2. The van der Waals surface area contributed by atoms with Crippen LogP contribution in [0.5, 0.6) is 0 Å². The lowest BCUT2D eigenvalue weighted by atomic mass is 9.95. The van der Waals surface area contributed by atoms with E-state index in [0.717, 1.165) is 57.3 Å². The first-order valence-corrected chi connectivity index (χ1v) is 7.03. The molecule has 2 aliphatic heterocycles. The van der Waals surface area contributed by atoms with Gasteiger partial charge in [-0.3, -0.25) is 0 Å². The zero-order chi connectivity index (χ0) is 12.2. The van der Waals surface area contributed by atoms with Gasteiger partial charge >= 0.3 is 0 Å². The lowest BCUT2D eigenvalue weighted by molar-refractivity contribution is 0.0773. The van der Waals surface area contributed by atoms with Crippen molar-refractivity contribution in [2.75, 3.05) is 26.3 Å². The Hall–Kier alpha value is -0.940. The quantitative estimate of drug-likeness (QED) is 0.882. The summed E-state index contributed by atoms with van der Waals surface area (Å²) in [4.78, 5) is 4.55. The molecule has 0 bridgehead atoms. The van der Waals surface area contributed by atoms with Crippen molar-refractivity contribution in [3.8, 4) is 0 Å². The van der Waals surface area contributed by atoms with Gasteiger partial charge in [0.1, 0.15) is 0 Å². The predicted molar refractivity (Wildman–Crippen MR) is 66.4 cm³/mol. The summed E-state index contributed by atoms with van der Waals surface area (Å²) in [6.07, 6.45) is 5.58. The van der Waals surface area contributed by atoms with Crippen molar-refractivity contribution in [1.29, 1.82) is 0 Å². The Labute approximate surface area is 107 Å². The van der Waals surface area contributed by atoms with Crippen LogP contribution in [0.4, 0.5) is 0 Å². The number of hydrogen-bond donors (Lipinski definition) is 1. The van der Waals surface area contributed by atoms with Crippen LogP contribution in [0.15, 0.2) is 4.52 Å². The zero-order valence-corrected chi connectivity index (χ0v) is 10.7. The highest BCUT2D eigenvalue weighted by Crippen LogP contribution is 2.24. The topological polar surface area (TPSA) is 60.2 Å². The predicted octanol–water partition coefficient (Wildman–Crippen LogP) is 1.51. The van der Waals surface area contributed by atoms with Gasteiger partial charge in [-0.25, -0.2) is 0 Å². The van der Waals surface area contributed by atoms with E-state index in [9.17, 15) is 0 Å². The standard InChI is InChI=1S/C13H21N3O2/c1-2-11(9-17-7-1)13-15-12(18-16-13)8-10-3-5-14-6-4-10/h10-11,14H,1-9H2. The van der Waals surface area contributed by atoms with Crippen LogP contribution >= 0.6 is 0 Å². The summed E-state index contributed by atoms with van der Waals surface area (Å²) in [6.45, 7) is 3.84. The summed E-state index contributed by atoms with van der Waals surface area (Å²) in [7, 11) is 0. The monoisotopic (exact) mass is 251 g/mol. The van der Waals surface area contributed by atoms with Crippen LogP contribution in [0.1, 0.15) is 43.3 Å². The molecule has 1 unspecified atom stereocenters. The lowest BCUT2D eigenvalue weighted by Gasteiger charge is -2.20. The van der Waals surface area contributed by atoms with Crippen LogP contribution < -0.4 is 5.32 Å². The van der Waals surface area contributed by atoms with E-state index in [0.29, 0.717) is 11.8 Å². The average Bonchev–Trinajstić information content (AvgIpc) is 2.89. The normalized spacial score (nSPS) is 26.3. The first-order valence-electron chi connectivity index (χ1n) is 7.03. The van der Waals surface area contributed by atoms with Crippen LogP contribution in [0.2, 0.25) is 0 Å². The van der Waals surface area contributed by atoms with Gasteiger partial charge in [0.25, 0.3) is 0 Å². The molecule has 5 heteroatoms. The van der Waals surface area contributed by atoms with E-state index in [1.807, 2.05) is 0 Å². The Balaban J connectivity index is 1.58. The Morgan fingerprint density at radius 1 is 1.22 bits per heavy atom. The second-order valence-corrected chi connectivity index (χ2v) is 5.36. The van der Waals surface area contributed by atoms with Gasteiger partial charge in [-0.2, -0.15) is 4.98 Å².